The number of hydrogen-bond donors (Lipinski definition) is 1. The molecule has 4 rings (SSSR count). The van der Waals surface area contributed by atoms with Crippen molar-refractivity contribution in [3.8, 4) is 16.9 Å². The van der Waals surface area contributed by atoms with E-state index in [2.05, 4.69) is 5.32 Å². The number of benzene rings is 3. The number of nitrogens with zero attached hydrogens (tertiary/aromatic N) is 1. The number of anilines is 1. The standard InChI is InChI=1S/C28H27F3N2O4/c1-36-27(35)33-15-13-23(14-16-33)37-24-7-4-6-22(18-24)32-26(34)17-20-5-2-3-8-25(20)19-9-11-21(12-10-19)28(29,30)31/h2-12,18,23H,13-17H2,1H3,(H,32,34). The summed E-state index contributed by atoms with van der Waals surface area (Å²) in [6.45, 7) is 1.10. The molecular weight excluding hydrogens is 485 g/mol. The summed E-state index contributed by atoms with van der Waals surface area (Å²) < 4.78 is 49.6. The molecule has 1 aliphatic heterocycles. The number of hydrogen-bond acceptors (Lipinski definition) is 4. The zero-order valence-corrected chi connectivity index (χ0v) is 20.3. The Morgan fingerprint density at radius 2 is 1.68 bits per heavy atom. The minimum absolute atomic E-state index is 0.0499. The topological polar surface area (TPSA) is 67.9 Å². The third kappa shape index (κ3) is 6.81. The van der Waals surface area contributed by atoms with E-state index in [1.165, 1.54) is 19.2 Å². The predicted molar refractivity (Wildman–Crippen MR) is 133 cm³/mol. The van der Waals surface area contributed by atoms with Gasteiger partial charge in [-0.15, -0.1) is 0 Å². The van der Waals surface area contributed by atoms with E-state index in [1.54, 1.807) is 47.4 Å². The van der Waals surface area contributed by atoms with E-state index >= 15 is 0 Å². The smallest absolute Gasteiger partial charge is 0.416 e. The Morgan fingerprint density at radius 1 is 0.973 bits per heavy atom. The Bertz CT molecular complexity index is 1240. The number of likely N-dealkylation sites (tertiary alicyclic amines) is 1. The maximum Gasteiger partial charge on any atom is 0.416 e. The van der Waals surface area contributed by atoms with Crippen molar-refractivity contribution in [2.45, 2.75) is 31.5 Å². The lowest BCUT2D eigenvalue weighted by molar-refractivity contribution is -0.137. The van der Waals surface area contributed by atoms with Crippen molar-refractivity contribution in [2.75, 3.05) is 25.5 Å². The van der Waals surface area contributed by atoms with E-state index in [0.717, 1.165) is 12.1 Å². The van der Waals surface area contributed by atoms with Gasteiger partial charge in [0.25, 0.3) is 0 Å². The summed E-state index contributed by atoms with van der Waals surface area (Å²) >= 11 is 0. The van der Waals surface area contributed by atoms with Gasteiger partial charge in [0.15, 0.2) is 0 Å². The molecule has 0 aromatic heterocycles. The van der Waals surface area contributed by atoms with Gasteiger partial charge in [-0.1, -0.05) is 42.5 Å². The second-order valence-electron chi connectivity index (χ2n) is 8.76. The number of carbonyl (C=O) groups is 2. The van der Waals surface area contributed by atoms with Crippen LogP contribution in [0.1, 0.15) is 24.0 Å². The molecule has 0 radical (unpaired) electrons. The lowest BCUT2D eigenvalue weighted by Gasteiger charge is -2.31. The molecule has 0 atom stereocenters. The first-order valence-corrected chi connectivity index (χ1v) is 11.9. The molecule has 1 fully saturated rings. The first kappa shape index (κ1) is 26.1. The van der Waals surface area contributed by atoms with Gasteiger partial charge in [-0.3, -0.25) is 4.79 Å². The van der Waals surface area contributed by atoms with Crippen LogP contribution in [0.15, 0.2) is 72.8 Å². The molecule has 6 nitrogen and oxygen atoms in total. The van der Waals surface area contributed by atoms with Crippen LogP contribution in [0.4, 0.5) is 23.7 Å². The number of ether oxygens (including phenoxy) is 2. The van der Waals surface area contributed by atoms with E-state index in [0.29, 0.717) is 54.1 Å². The Morgan fingerprint density at radius 3 is 2.35 bits per heavy atom. The highest BCUT2D eigenvalue weighted by Gasteiger charge is 2.30. The zero-order valence-electron chi connectivity index (χ0n) is 20.3. The number of nitrogens with one attached hydrogen (secondary N) is 1. The van der Waals surface area contributed by atoms with Crippen molar-refractivity contribution in [3.05, 3.63) is 83.9 Å². The Hall–Kier alpha value is -4.01. The van der Waals surface area contributed by atoms with Crippen LogP contribution in [0.5, 0.6) is 5.75 Å². The summed E-state index contributed by atoms with van der Waals surface area (Å²) in [6, 6.07) is 19.1. The molecule has 37 heavy (non-hydrogen) atoms. The predicted octanol–water partition coefficient (Wildman–Crippen LogP) is 6.16. The van der Waals surface area contributed by atoms with Crippen LogP contribution in [0.3, 0.4) is 0 Å². The van der Waals surface area contributed by atoms with Crippen LogP contribution in [-0.2, 0) is 22.1 Å². The van der Waals surface area contributed by atoms with E-state index in [1.807, 2.05) is 6.07 Å². The largest absolute Gasteiger partial charge is 0.490 e. The molecule has 194 valence electrons. The molecule has 0 unspecified atom stereocenters. The summed E-state index contributed by atoms with van der Waals surface area (Å²) in [4.78, 5) is 26.1. The molecule has 3 aromatic rings. The summed E-state index contributed by atoms with van der Waals surface area (Å²) in [7, 11) is 1.36. The minimum Gasteiger partial charge on any atom is -0.490 e. The van der Waals surface area contributed by atoms with Gasteiger partial charge in [0.1, 0.15) is 11.9 Å². The number of alkyl halides is 3. The fourth-order valence-electron chi connectivity index (χ4n) is 4.30. The fraction of sp³-hybridized carbons (Fsp3) is 0.286. The molecule has 0 saturated carbocycles. The highest BCUT2D eigenvalue weighted by atomic mass is 19.4. The van der Waals surface area contributed by atoms with Crippen LogP contribution in [-0.4, -0.2) is 43.2 Å². The Balaban J connectivity index is 1.38. The van der Waals surface area contributed by atoms with E-state index in [-0.39, 0.29) is 24.5 Å². The third-order valence-electron chi connectivity index (χ3n) is 6.19. The second kappa shape index (κ2) is 11.4. The lowest BCUT2D eigenvalue weighted by Crippen LogP contribution is -2.41. The Labute approximate surface area is 213 Å². The van der Waals surface area contributed by atoms with E-state index in [9.17, 15) is 22.8 Å². The monoisotopic (exact) mass is 512 g/mol. The van der Waals surface area contributed by atoms with E-state index < -0.39 is 11.7 Å². The van der Waals surface area contributed by atoms with Crippen LogP contribution >= 0.6 is 0 Å². The van der Waals surface area contributed by atoms with Gasteiger partial charge in [-0.05, 0) is 41.0 Å². The molecule has 9 heteroatoms. The third-order valence-corrected chi connectivity index (χ3v) is 6.19. The van der Waals surface area contributed by atoms with Crippen LogP contribution in [0, 0.1) is 0 Å². The van der Waals surface area contributed by atoms with Gasteiger partial charge in [-0.25, -0.2) is 4.79 Å². The van der Waals surface area contributed by atoms with Crippen molar-refractivity contribution in [1.29, 1.82) is 0 Å². The van der Waals surface area contributed by atoms with Crippen molar-refractivity contribution >= 4 is 17.7 Å². The minimum atomic E-state index is -4.41. The Kier molecular flexibility index (Phi) is 8.01. The number of piperidine rings is 1. The molecule has 3 aromatic carbocycles. The highest BCUT2D eigenvalue weighted by Crippen LogP contribution is 2.32. The number of rotatable bonds is 6. The van der Waals surface area contributed by atoms with Crippen molar-refractivity contribution < 1.29 is 32.2 Å². The molecule has 0 spiro atoms. The maximum atomic E-state index is 12.9. The average molecular weight is 513 g/mol. The molecular formula is C28H27F3N2O4. The van der Waals surface area contributed by atoms with Gasteiger partial charge in [-0.2, -0.15) is 13.2 Å². The molecule has 2 amide bonds. The van der Waals surface area contributed by atoms with Gasteiger partial charge in [0.2, 0.25) is 5.91 Å². The normalized spacial score (nSPS) is 14.2. The van der Waals surface area contributed by atoms with Crippen molar-refractivity contribution in [1.82, 2.24) is 4.90 Å². The molecule has 0 aliphatic carbocycles. The number of halogens is 3. The van der Waals surface area contributed by atoms with Gasteiger partial charge >= 0.3 is 12.3 Å². The summed E-state index contributed by atoms with van der Waals surface area (Å²) in [6.07, 6.45) is -3.41. The number of methoxy groups -OCH3 is 1. The van der Waals surface area contributed by atoms with Gasteiger partial charge < -0.3 is 19.7 Å². The molecule has 1 N–H and O–H groups in total. The van der Waals surface area contributed by atoms with Crippen LogP contribution in [0.25, 0.3) is 11.1 Å². The van der Waals surface area contributed by atoms with Crippen molar-refractivity contribution in [3.63, 3.8) is 0 Å². The van der Waals surface area contributed by atoms with Gasteiger partial charge in [0.05, 0.1) is 19.1 Å². The SMILES string of the molecule is COC(=O)N1CCC(Oc2cccc(NC(=O)Cc3ccccc3-c3ccc(C(F)(F)F)cc3)c2)CC1. The maximum absolute atomic E-state index is 12.9. The van der Waals surface area contributed by atoms with Gasteiger partial charge in [0, 0.05) is 37.7 Å². The fourth-order valence-corrected chi connectivity index (χ4v) is 4.30. The summed E-state index contributed by atoms with van der Waals surface area (Å²) in [5, 5.41) is 2.87. The molecule has 1 heterocycles. The first-order chi connectivity index (χ1) is 17.7. The number of amides is 2. The average Bonchev–Trinajstić information content (AvgIpc) is 2.89. The summed E-state index contributed by atoms with van der Waals surface area (Å²) in [5.41, 5.74) is 1.85. The van der Waals surface area contributed by atoms with Crippen LogP contribution in [0.2, 0.25) is 0 Å². The van der Waals surface area contributed by atoms with E-state index in [4.69, 9.17) is 9.47 Å². The van der Waals surface area contributed by atoms with Crippen molar-refractivity contribution in [2.24, 2.45) is 0 Å². The highest BCUT2D eigenvalue weighted by molar-refractivity contribution is 5.93. The quantitative estimate of drug-likeness (QED) is 0.429. The molecule has 1 saturated heterocycles. The second-order valence-corrected chi connectivity index (χ2v) is 8.76. The summed E-state index contributed by atoms with van der Waals surface area (Å²) in [5.74, 6) is 0.349. The first-order valence-electron chi connectivity index (χ1n) is 11.9. The van der Waals surface area contributed by atoms with Crippen LogP contribution < -0.4 is 10.1 Å². The zero-order chi connectivity index (χ0) is 26.4. The molecule has 0 bridgehead atoms. The molecule has 1 aliphatic rings. The lowest BCUT2D eigenvalue weighted by atomic mass is 9.96. The number of carbonyl (C=O) groups excluding carboxylic acids is 2.